The fourth-order valence-electron chi connectivity index (χ4n) is 1.59. The minimum absolute atomic E-state index is 0.219. The molecule has 0 aliphatic rings. The van der Waals surface area contributed by atoms with Gasteiger partial charge in [0.2, 0.25) is 5.91 Å². The molecule has 5 nitrogen and oxygen atoms in total. The third kappa shape index (κ3) is 5.34. The van der Waals surface area contributed by atoms with Gasteiger partial charge in [-0.25, -0.2) is 0 Å². The van der Waals surface area contributed by atoms with Crippen LogP contribution in [0.4, 0.5) is 5.69 Å². The maximum atomic E-state index is 11.0. The number of nitrogens with two attached hydrogens (primary N) is 1. The van der Waals surface area contributed by atoms with Gasteiger partial charge in [-0.3, -0.25) is 9.59 Å². The predicted octanol–water partition coefficient (Wildman–Crippen LogP) is 1.84. The Hall–Kier alpha value is -2.04. The third-order valence-electron chi connectivity index (χ3n) is 2.54. The summed E-state index contributed by atoms with van der Waals surface area (Å²) in [5.74, 6) is -1.20. The van der Waals surface area contributed by atoms with Crippen molar-refractivity contribution >= 4 is 17.6 Å². The number of nitrogens with one attached hydrogen (secondary N) is 1. The van der Waals surface area contributed by atoms with E-state index in [4.69, 9.17) is 10.8 Å². The Morgan fingerprint density at radius 1 is 1.22 bits per heavy atom. The first-order chi connectivity index (χ1) is 8.59. The summed E-state index contributed by atoms with van der Waals surface area (Å²) in [6.45, 7) is 0.752. The van der Waals surface area contributed by atoms with Gasteiger partial charge in [-0.2, -0.15) is 0 Å². The van der Waals surface area contributed by atoms with E-state index in [-0.39, 0.29) is 6.42 Å². The number of aliphatic carboxylic acids is 1. The van der Waals surface area contributed by atoms with Gasteiger partial charge in [-0.15, -0.1) is 0 Å². The van der Waals surface area contributed by atoms with Crippen LogP contribution < -0.4 is 11.1 Å². The van der Waals surface area contributed by atoms with Crippen LogP contribution in [0, 0.1) is 0 Å². The van der Waals surface area contributed by atoms with E-state index in [0.717, 1.165) is 25.1 Å². The highest BCUT2D eigenvalue weighted by Crippen LogP contribution is 2.10. The fourth-order valence-corrected chi connectivity index (χ4v) is 1.59. The van der Waals surface area contributed by atoms with E-state index in [9.17, 15) is 9.59 Å². The Labute approximate surface area is 106 Å². The van der Waals surface area contributed by atoms with Gasteiger partial charge >= 0.3 is 5.97 Å². The number of unbranched alkanes of at least 4 members (excludes halogenated alkanes) is 2. The topological polar surface area (TPSA) is 92.4 Å². The Kier molecular flexibility index (Phi) is 5.70. The average Bonchev–Trinajstić information content (AvgIpc) is 2.33. The van der Waals surface area contributed by atoms with E-state index in [1.807, 2.05) is 6.07 Å². The maximum absolute atomic E-state index is 11.0. The van der Waals surface area contributed by atoms with Crippen LogP contribution in [0.25, 0.3) is 0 Å². The lowest BCUT2D eigenvalue weighted by atomic mass is 10.1. The lowest BCUT2D eigenvalue weighted by molar-refractivity contribution is -0.137. The van der Waals surface area contributed by atoms with Gasteiger partial charge in [-0.1, -0.05) is 12.5 Å². The molecule has 18 heavy (non-hydrogen) atoms. The Bertz CT molecular complexity index is 418. The molecule has 0 heterocycles. The van der Waals surface area contributed by atoms with Gasteiger partial charge in [0.1, 0.15) is 0 Å². The summed E-state index contributed by atoms with van der Waals surface area (Å²) < 4.78 is 0. The maximum Gasteiger partial charge on any atom is 0.303 e. The highest BCUT2D eigenvalue weighted by Gasteiger charge is 2.01. The van der Waals surface area contributed by atoms with Crippen LogP contribution >= 0.6 is 0 Å². The number of carboxylic acids is 1. The molecule has 0 bridgehead atoms. The molecule has 0 aromatic heterocycles. The smallest absolute Gasteiger partial charge is 0.303 e. The van der Waals surface area contributed by atoms with E-state index in [2.05, 4.69) is 5.32 Å². The molecular formula is C13H18N2O3. The standard InChI is InChI=1S/C13H18N2O3/c14-13(18)10-5-4-6-11(9-10)15-8-3-1-2-7-12(16)17/h4-6,9,15H,1-3,7-8H2,(H2,14,18)(H,16,17). The number of hydrogen-bond acceptors (Lipinski definition) is 3. The summed E-state index contributed by atoms with van der Waals surface area (Å²) in [4.78, 5) is 21.3. The minimum atomic E-state index is -0.753. The first-order valence-corrected chi connectivity index (χ1v) is 5.95. The summed E-state index contributed by atoms with van der Waals surface area (Å²) >= 11 is 0. The molecule has 0 radical (unpaired) electrons. The Morgan fingerprint density at radius 3 is 2.67 bits per heavy atom. The molecule has 0 saturated carbocycles. The lowest BCUT2D eigenvalue weighted by Gasteiger charge is -2.06. The summed E-state index contributed by atoms with van der Waals surface area (Å²) in [5, 5.41) is 11.6. The second-order valence-corrected chi connectivity index (χ2v) is 4.08. The number of carbonyl (C=O) groups is 2. The van der Waals surface area contributed by atoms with Crippen LogP contribution in [0.1, 0.15) is 36.0 Å². The molecule has 1 rings (SSSR count). The van der Waals surface area contributed by atoms with E-state index in [1.165, 1.54) is 0 Å². The van der Waals surface area contributed by atoms with Crippen molar-refractivity contribution in [3.63, 3.8) is 0 Å². The molecule has 98 valence electrons. The molecule has 0 aliphatic carbocycles. The molecule has 5 heteroatoms. The molecule has 0 fully saturated rings. The van der Waals surface area contributed by atoms with Crippen LogP contribution in [0.15, 0.2) is 24.3 Å². The van der Waals surface area contributed by atoms with Gasteiger partial charge in [0.15, 0.2) is 0 Å². The number of hydrogen-bond donors (Lipinski definition) is 3. The zero-order chi connectivity index (χ0) is 13.4. The van der Waals surface area contributed by atoms with E-state index >= 15 is 0 Å². The molecule has 0 atom stereocenters. The van der Waals surface area contributed by atoms with Gasteiger partial charge < -0.3 is 16.2 Å². The SMILES string of the molecule is NC(=O)c1cccc(NCCCCCC(=O)O)c1. The zero-order valence-corrected chi connectivity index (χ0v) is 10.2. The van der Waals surface area contributed by atoms with Crippen molar-refractivity contribution in [1.29, 1.82) is 0 Å². The predicted molar refractivity (Wildman–Crippen MR) is 69.6 cm³/mol. The number of benzene rings is 1. The van der Waals surface area contributed by atoms with E-state index < -0.39 is 11.9 Å². The van der Waals surface area contributed by atoms with E-state index in [0.29, 0.717) is 12.0 Å². The van der Waals surface area contributed by atoms with E-state index in [1.54, 1.807) is 18.2 Å². The van der Waals surface area contributed by atoms with Crippen molar-refractivity contribution in [3.8, 4) is 0 Å². The first kappa shape index (κ1) is 14.0. The van der Waals surface area contributed by atoms with Crippen molar-refractivity contribution in [1.82, 2.24) is 0 Å². The average molecular weight is 250 g/mol. The summed E-state index contributed by atoms with van der Waals surface area (Å²) in [6.07, 6.45) is 2.68. The number of anilines is 1. The number of carboxylic acid groups (broad SMARTS) is 1. The van der Waals surface area contributed by atoms with Crippen LogP contribution in [0.5, 0.6) is 0 Å². The molecule has 0 aliphatic heterocycles. The minimum Gasteiger partial charge on any atom is -0.481 e. The zero-order valence-electron chi connectivity index (χ0n) is 10.2. The normalized spacial score (nSPS) is 10.0. The summed E-state index contributed by atoms with van der Waals surface area (Å²) in [7, 11) is 0. The van der Waals surface area contributed by atoms with Crippen molar-refractivity contribution in [3.05, 3.63) is 29.8 Å². The molecule has 0 unspecified atom stereocenters. The van der Waals surface area contributed by atoms with Gasteiger partial charge in [0.05, 0.1) is 0 Å². The quantitative estimate of drug-likeness (QED) is 0.614. The monoisotopic (exact) mass is 250 g/mol. The molecule has 1 aromatic rings. The molecule has 4 N–H and O–H groups in total. The molecule has 1 aromatic carbocycles. The molecule has 1 amide bonds. The van der Waals surface area contributed by atoms with Crippen molar-refractivity contribution < 1.29 is 14.7 Å². The first-order valence-electron chi connectivity index (χ1n) is 5.95. The molecular weight excluding hydrogens is 232 g/mol. The number of rotatable bonds is 8. The highest BCUT2D eigenvalue weighted by molar-refractivity contribution is 5.93. The lowest BCUT2D eigenvalue weighted by Crippen LogP contribution is -2.11. The van der Waals surface area contributed by atoms with Gasteiger partial charge in [0.25, 0.3) is 0 Å². The molecule has 0 spiro atoms. The largest absolute Gasteiger partial charge is 0.481 e. The second kappa shape index (κ2) is 7.32. The fraction of sp³-hybridized carbons (Fsp3) is 0.385. The third-order valence-corrected chi connectivity index (χ3v) is 2.54. The van der Waals surface area contributed by atoms with Crippen molar-refractivity contribution in [2.75, 3.05) is 11.9 Å². The van der Waals surface area contributed by atoms with Gasteiger partial charge in [-0.05, 0) is 31.0 Å². The van der Waals surface area contributed by atoms with Crippen LogP contribution in [-0.4, -0.2) is 23.5 Å². The summed E-state index contributed by atoms with van der Waals surface area (Å²) in [5.41, 5.74) is 6.51. The highest BCUT2D eigenvalue weighted by atomic mass is 16.4. The number of primary amides is 1. The van der Waals surface area contributed by atoms with Gasteiger partial charge in [0, 0.05) is 24.2 Å². The van der Waals surface area contributed by atoms with Crippen molar-refractivity contribution in [2.45, 2.75) is 25.7 Å². The number of carbonyl (C=O) groups excluding carboxylic acids is 1. The number of amides is 1. The van der Waals surface area contributed by atoms with Crippen LogP contribution in [-0.2, 0) is 4.79 Å². The Balaban J connectivity index is 2.25. The van der Waals surface area contributed by atoms with Crippen LogP contribution in [0.3, 0.4) is 0 Å². The van der Waals surface area contributed by atoms with Crippen LogP contribution in [0.2, 0.25) is 0 Å². The molecule has 0 saturated heterocycles. The van der Waals surface area contributed by atoms with Crippen molar-refractivity contribution in [2.24, 2.45) is 5.73 Å². The Morgan fingerprint density at radius 2 is 2.00 bits per heavy atom. The summed E-state index contributed by atoms with van der Waals surface area (Å²) in [6, 6.07) is 7.01. The second-order valence-electron chi connectivity index (χ2n) is 4.08.